The second-order valence-electron chi connectivity index (χ2n) is 7.41. The van der Waals surface area contributed by atoms with Gasteiger partial charge in [0.15, 0.2) is 17.2 Å². The average molecular weight is 403 g/mol. The Balaban J connectivity index is 1.52. The van der Waals surface area contributed by atoms with Crippen LogP contribution in [0.15, 0.2) is 73.2 Å². The Kier molecular flexibility index (Phi) is 3.86. The van der Waals surface area contributed by atoms with Crippen LogP contribution in [0.1, 0.15) is 5.56 Å². The number of H-pyrrole nitrogens is 2. The zero-order chi connectivity index (χ0) is 20.8. The number of aromatic amines is 2. The number of nitrogens with zero attached hydrogens (tertiary/aromatic N) is 5. The fourth-order valence-electron chi connectivity index (χ4n) is 3.82. The molecule has 0 amide bonds. The Hall–Kier alpha value is -4.39. The number of hydrogen-bond acceptors (Lipinski definition) is 5. The predicted molar refractivity (Wildman–Crippen MR) is 120 cm³/mol. The number of imidazole rings is 1. The zero-order valence-electron chi connectivity index (χ0n) is 16.7. The van der Waals surface area contributed by atoms with E-state index in [1.54, 1.807) is 18.6 Å². The van der Waals surface area contributed by atoms with Gasteiger partial charge in [-0.2, -0.15) is 5.10 Å². The summed E-state index contributed by atoms with van der Waals surface area (Å²) < 4.78 is 0. The Bertz CT molecular complexity index is 1550. The molecule has 1 aromatic carbocycles. The minimum Gasteiger partial charge on any atom is -0.321 e. The molecule has 0 unspecified atom stereocenters. The van der Waals surface area contributed by atoms with Crippen molar-refractivity contribution in [2.45, 2.75) is 6.92 Å². The van der Waals surface area contributed by atoms with Gasteiger partial charge in [0.05, 0.1) is 11.2 Å². The molecule has 31 heavy (non-hydrogen) atoms. The molecule has 5 aromatic heterocycles. The van der Waals surface area contributed by atoms with Gasteiger partial charge >= 0.3 is 0 Å². The van der Waals surface area contributed by atoms with Crippen molar-refractivity contribution in [2.24, 2.45) is 0 Å². The van der Waals surface area contributed by atoms with Crippen LogP contribution in [0.3, 0.4) is 0 Å². The van der Waals surface area contributed by atoms with Crippen LogP contribution in [0, 0.1) is 6.92 Å². The summed E-state index contributed by atoms with van der Waals surface area (Å²) in [5.74, 6) is 0.633. The monoisotopic (exact) mass is 403 g/mol. The number of nitrogens with one attached hydrogen (secondary N) is 2. The van der Waals surface area contributed by atoms with Crippen molar-refractivity contribution < 1.29 is 0 Å². The van der Waals surface area contributed by atoms with Crippen molar-refractivity contribution in [1.82, 2.24) is 35.1 Å². The number of aryl methyl sites for hydroxylation is 1. The van der Waals surface area contributed by atoms with E-state index in [-0.39, 0.29) is 0 Å². The third kappa shape index (κ3) is 2.95. The second-order valence-corrected chi connectivity index (χ2v) is 7.41. The summed E-state index contributed by atoms with van der Waals surface area (Å²) in [6, 6.07) is 18.2. The lowest BCUT2D eigenvalue weighted by Crippen LogP contribution is -1.87. The first-order chi connectivity index (χ1) is 15.3. The topological polar surface area (TPSA) is 96.0 Å². The molecule has 0 saturated carbocycles. The van der Waals surface area contributed by atoms with Crippen LogP contribution in [0.4, 0.5) is 0 Å². The molecule has 0 bridgehead atoms. The first-order valence-electron chi connectivity index (χ1n) is 9.94. The molecular weight excluding hydrogens is 386 g/mol. The van der Waals surface area contributed by atoms with Gasteiger partial charge in [0.2, 0.25) is 0 Å². The number of hydrogen-bond donors (Lipinski definition) is 2. The Labute approximate surface area is 177 Å². The van der Waals surface area contributed by atoms with Crippen molar-refractivity contribution in [2.75, 3.05) is 0 Å². The summed E-state index contributed by atoms with van der Waals surface area (Å²) in [5.41, 5.74) is 8.98. The molecule has 0 atom stereocenters. The van der Waals surface area contributed by atoms with Crippen LogP contribution in [-0.4, -0.2) is 35.1 Å². The molecule has 0 spiro atoms. The second kappa shape index (κ2) is 6.84. The highest BCUT2D eigenvalue weighted by Crippen LogP contribution is 2.31. The fourth-order valence-corrected chi connectivity index (χ4v) is 3.82. The molecule has 7 heteroatoms. The standard InChI is InChI=1S/C24H17N7/c1-14-3-2-4-16(13-14)17-9-12-26-23-20(17)28-24(29-23)22-21-19(30-31-22)6-5-18(27-21)15-7-10-25-11-8-15/h2-13H,1H3,(H,30,31)(H,26,28,29). The van der Waals surface area contributed by atoms with Gasteiger partial charge in [-0.15, -0.1) is 0 Å². The van der Waals surface area contributed by atoms with Crippen LogP contribution < -0.4 is 0 Å². The number of benzene rings is 1. The van der Waals surface area contributed by atoms with E-state index in [2.05, 4.69) is 56.3 Å². The van der Waals surface area contributed by atoms with E-state index in [0.717, 1.165) is 44.6 Å². The van der Waals surface area contributed by atoms with E-state index in [1.807, 2.05) is 30.3 Å². The van der Waals surface area contributed by atoms with Gasteiger partial charge in [0.25, 0.3) is 0 Å². The molecule has 6 rings (SSSR count). The maximum absolute atomic E-state index is 4.86. The number of pyridine rings is 3. The minimum atomic E-state index is 0.633. The molecule has 148 valence electrons. The van der Waals surface area contributed by atoms with Gasteiger partial charge in [0.1, 0.15) is 11.0 Å². The van der Waals surface area contributed by atoms with Gasteiger partial charge in [0, 0.05) is 29.7 Å². The Morgan fingerprint density at radius 1 is 0.806 bits per heavy atom. The van der Waals surface area contributed by atoms with E-state index < -0.39 is 0 Å². The van der Waals surface area contributed by atoms with E-state index in [9.17, 15) is 0 Å². The summed E-state index contributed by atoms with van der Waals surface area (Å²) >= 11 is 0. The quantitative estimate of drug-likeness (QED) is 0.437. The summed E-state index contributed by atoms with van der Waals surface area (Å²) in [4.78, 5) is 21.6. The summed E-state index contributed by atoms with van der Waals surface area (Å²) in [5, 5.41) is 7.55. The predicted octanol–water partition coefficient (Wildman–Crippen LogP) is 4.93. The SMILES string of the molecule is Cc1cccc(-c2ccnc3[nH]c(-c4n[nH]c5ccc(-c6ccncc6)nc45)nc23)c1. The third-order valence-electron chi connectivity index (χ3n) is 5.32. The van der Waals surface area contributed by atoms with Gasteiger partial charge in [-0.3, -0.25) is 10.1 Å². The maximum Gasteiger partial charge on any atom is 0.162 e. The van der Waals surface area contributed by atoms with Crippen LogP contribution >= 0.6 is 0 Å². The normalized spacial score (nSPS) is 11.4. The van der Waals surface area contributed by atoms with E-state index >= 15 is 0 Å². The lowest BCUT2D eigenvalue weighted by Gasteiger charge is -2.03. The zero-order valence-corrected chi connectivity index (χ0v) is 16.7. The van der Waals surface area contributed by atoms with E-state index in [4.69, 9.17) is 9.97 Å². The van der Waals surface area contributed by atoms with Crippen LogP contribution in [0.5, 0.6) is 0 Å². The molecule has 0 fully saturated rings. The number of fused-ring (bicyclic) bond motifs is 2. The van der Waals surface area contributed by atoms with Gasteiger partial charge in [-0.1, -0.05) is 29.8 Å². The molecule has 0 radical (unpaired) electrons. The van der Waals surface area contributed by atoms with E-state index in [1.165, 1.54) is 5.56 Å². The van der Waals surface area contributed by atoms with Crippen LogP contribution in [-0.2, 0) is 0 Å². The van der Waals surface area contributed by atoms with Crippen molar-refractivity contribution in [3.63, 3.8) is 0 Å². The molecule has 0 aliphatic heterocycles. The lowest BCUT2D eigenvalue weighted by atomic mass is 10.0. The van der Waals surface area contributed by atoms with Crippen LogP contribution in [0.2, 0.25) is 0 Å². The Morgan fingerprint density at radius 3 is 2.58 bits per heavy atom. The number of rotatable bonds is 3. The molecular formula is C24H17N7. The maximum atomic E-state index is 4.86. The molecule has 2 N–H and O–H groups in total. The van der Waals surface area contributed by atoms with Gasteiger partial charge in [-0.05, 0) is 42.8 Å². The fraction of sp³-hybridized carbons (Fsp3) is 0.0417. The highest BCUT2D eigenvalue weighted by Gasteiger charge is 2.17. The minimum absolute atomic E-state index is 0.633. The molecule has 0 aliphatic rings. The molecule has 0 aliphatic carbocycles. The van der Waals surface area contributed by atoms with Crippen molar-refractivity contribution in [3.8, 4) is 33.9 Å². The Morgan fingerprint density at radius 2 is 1.71 bits per heavy atom. The van der Waals surface area contributed by atoms with Crippen molar-refractivity contribution in [3.05, 3.63) is 78.8 Å². The molecule has 6 aromatic rings. The molecule has 7 nitrogen and oxygen atoms in total. The number of aromatic nitrogens is 7. The first-order valence-corrected chi connectivity index (χ1v) is 9.94. The highest BCUT2D eigenvalue weighted by molar-refractivity contribution is 5.95. The van der Waals surface area contributed by atoms with Gasteiger partial charge in [-0.25, -0.2) is 15.0 Å². The highest BCUT2D eigenvalue weighted by atomic mass is 15.2. The lowest BCUT2D eigenvalue weighted by molar-refractivity contribution is 1.10. The first kappa shape index (κ1) is 17.5. The summed E-state index contributed by atoms with van der Waals surface area (Å²) in [6.07, 6.45) is 5.31. The van der Waals surface area contributed by atoms with Gasteiger partial charge < -0.3 is 4.98 Å². The van der Waals surface area contributed by atoms with E-state index in [0.29, 0.717) is 11.5 Å². The van der Waals surface area contributed by atoms with Crippen LogP contribution in [0.25, 0.3) is 56.1 Å². The smallest absolute Gasteiger partial charge is 0.162 e. The average Bonchev–Trinajstić information content (AvgIpc) is 3.43. The van der Waals surface area contributed by atoms with Crippen molar-refractivity contribution in [1.29, 1.82) is 0 Å². The van der Waals surface area contributed by atoms with Crippen molar-refractivity contribution >= 4 is 22.2 Å². The summed E-state index contributed by atoms with van der Waals surface area (Å²) in [7, 11) is 0. The largest absolute Gasteiger partial charge is 0.321 e. The molecule has 5 heterocycles. The molecule has 0 saturated heterocycles. The third-order valence-corrected chi connectivity index (χ3v) is 5.32. The summed E-state index contributed by atoms with van der Waals surface area (Å²) in [6.45, 7) is 2.08.